The van der Waals surface area contributed by atoms with Crippen molar-refractivity contribution in [3.8, 4) is 5.75 Å². The third kappa shape index (κ3) is 3.05. The van der Waals surface area contributed by atoms with Crippen molar-refractivity contribution in [2.75, 3.05) is 11.8 Å². The summed E-state index contributed by atoms with van der Waals surface area (Å²) in [7, 11) is -2.33. The molecule has 2 N–H and O–H groups in total. The average Bonchev–Trinajstić information content (AvgIpc) is 2.72. The van der Waals surface area contributed by atoms with Crippen molar-refractivity contribution in [2.24, 2.45) is 0 Å². The number of sulfonamides is 1. The van der Waals surface area contributed by atoms with Crippen LogP contribution in [0.3, 0.4) is 0 Å². The Labute approximate surface area is 128 Å². The summed E-state index contributed by atoms with van der Waals surface area (Å²) in [6.45, 7) is 1.53. The van der Waals surface area contributed by atoms with Gasteiger partial charge in [-0.05, 0) is 35.0 Å². The van der Waals surface area contributed by atoms with Crippen molar-refractivity contribution in [3.63, 3.8) is 0 Å². The van der Waals surface area contributed by atoms with Crippen molar-refractivity contribution in [1.82, 2.24) is 4.98 Å². The summed E-state index contributed by atoms with van der Waals surface area (Å²) in [4.78, 5) is 13.3. The molecular weight excluding hydrogens is 368 g/mol. The molecule has 0 spiro atoms. The first-order valence-corrected chi connectivity index (χ1v) is 8.49. The molecule has 1 aromatic heterocycles. The van der Waals surface area contributed by atoms with Crippen LogP contribution in [0.1, 0.15) is 5.69 Å². The second kappa shape index (κ2) is 5.58. The van der Waals surface area contributed by atoms with E-state index in [0.717, 1.165) is 0 Å². The fourth-order valence-electron chi connectivity index (χ4n) is 1.55. The number of aromatic amines is 1. The van der Waals surface area contributed by atoms with Gasteiger partial charge in [-0.1, -0.05) is 11.3 Å². The summed E-state index contributed by atoms with van der Waals surface area (Å²) in [6, 6.07) is 4.91. The lowest BCUT2D eigenvalue weighted by Gasteiger charge is -2.10. The maximum atomic E-state index is 12.3. The van der Waals surface area contributed by atoms with Crippen LogP contribution < -0.4 is 14.3 Å². The Morgan fingerprint density at radius 3 is 2.65 bits per heavy atom. The Morgan fingerprint density at radius 2 is 2.10 bits per heavy atom. The third-order valence-electron chi connectivity index (χ3n) is 2.44. The summed E-state index contributed by atoms with van der Waals surface area (Å²) in [5, 5.41) is 0. The lowest BCUT2D eigenvalue weighted by molar-refractivity contribution is 0.415. The highest BCUT2D eigenvalue weighted by molar-refractivity contribution is 9.10. The van der Waals surface area contributed by atoms with Crippen LogP contribution in [-0.2, 0) is 10.0 Å². The minimum absolute atomic E-state index is 0.0304. The van der Waals surface area contributed by atoms with Gasteiger partial charge < -0.3 is 9.72 Å². The maximum Gasteiger partial charge on any atom is 0.306 e. The molecule has 1 heterocycles. The van der Waals surface area contributed by atoms with E-state index in [0.29, 0.717) is 32.9 Å². The fraction of sp³-hybridized carbons (Fsp3) is 0.182. The summed E-state index contributed by atoms with van der Waals surface area (Å²) < 4.78 is 32.6. The molecule has 0 unspecified atom stereocenters. The molecule has 0 bridgehead atoms. The fourth-order valence-corrected chi connectivity index (χ4v) is 4.40. The number of H-pyrrole nitrogens is 1. The average molecular weight is 379 g/mol. The highest BCUT2D eigenvalue weighted by Crippen LogP contribution is 2.30. The molecule has 0 amide bonds. The largest absolute Gasteiger partial charge is 0.497 e. The van der Waals surface area contributed by atoms with E-state index < -0.39 is 14.9 Å². The van der Waals surface area contributed by atoms with E-state index in [1.165, 1.54) is 14.0 Å². The Hall–Kier alpha value is -1.32. The zero-order chi connectivity index (χ0) is 14.9. The number of anilines is 1. The normalized spacial score (nSPS) is 11.3. The molecule has 9 heteroatoms. The van der Waals surface area contributed by atoms with E-state index in [9.17, 15) is 13.2 Å². The zero-order valence-corrected chi connectivity index (χ0v) is 13.8. The van der Waals surface area contributed by atoms with E-state index in [-0.39, 0.29) is 4.21 Å². The molecule has 108 valence electrons. The topological polar surface area (TPSA) is 88.3 Å². The van der Waals surface area contributed by atoms with E-state index >= 15 is 0 Å². The van der Waals surface area contributed by atoms with Crippen molar-refractivity contribution in [3.05, 3.63) is 38.0 Å². The van der Waals surface area contributed by atoms with Crippen LogP contribution in [0.2, 0.25) is 0 Å². The van der Waals surface area contributed by atoms with Gasteiger partial charge in [0.05, 0.1) is 12.8 Å². The molecule has 2 aromatic rings. The molecule has 0 saturated heterocycles. The predicted octanol–water partition coefficient (Wildman–Crippen LogP) is 2.32. The molecular formula is C11H11BrN2O4S2. The second-order valence-corrected chi connectivity index (χ2v) is 7.59. The van der Waals surface area contributed by atoms with E-state index in [2.05, 4.69) is 25.6 Å². The highest BCUT2D eigenvalue weighted by atomic mass is 79.9. The van der Waals surface area contributed by atoms with Crippen molar-refractivity contribution in [1.29, 1.82) is 0 Å². The van der Waals surface area contributed by atoms with Crippen LogP contribution in [0.15, 0.2) is 31.7 Å². The Morgan fingerprint density at radius 1 is 1.40 bits per heavy atom. The van der Waals surface area contributed by atoms with Gasteiger partial charge in [0.1, 0.15) is 5.75 Å². The van der Waals surface area contributed by atoms with Gasteiger partial charge in [0.25, 0.3) is 10.0 Å². The molecule has 0 saturated carbocycles. The number of methoxy groups -OCH3 is 1. The number of hydrogen-bond acceptors (Lipinski definition) is 5. The quantitative estimate of drug-likeness (QED) is 0.854. The number of halogens is 1. The third-order valence-corrected chi connectivity index (χ3v) is 6.10. The van der Waals surface area contributed by atoms with Gasteiger partial charge >= 0.3 is 4.87 Å². The summed E-state index contributed by atoms with van der Waals surface area (Å²) in [5.41, 5.74) is 0.649. The van der Waals surface area contributed by atoms with Gasteiger partial charge in [0.15, 0.2) is 4.21 Å². The van der Waals surface area contributed by atoms with E-state index in [4.69, 9.17) is 4.74 Å². The monoisotopic (exact) mass is 378 g/mol. The first-order chi connectivity index (χ1) is 9.33. The Balaban J connectivity index is 2.43. The van der Waals surface area contributed by atoms with Gasteiger partial charge in [-0.15, -0.1) is 0 Å². The van der Waals surface area contributed by atoms with Crippen molar-refractivity contribution in [2.45, 2.75) is 11.1 Å². The first kappa shape index (κ1) is 15.1. The Bertz CT molecular complexity index is 795. The van der Waals surface area contributed by atoms with E-state index in [1.54, 1.807) is 18.2 Å². The molecule has 20 heavy (non-hydrogen) atoms. The number of thiazole rings is 1. The summed E-state index contributed by atoms with van der Waals surface area (Å²) >= 11 is 3.91. The van der Waals surface area contributed by atoms with E-state index in [1.807, 2.05) is 0 Å². The molecule has 6 nitrogen and oxygen atoms in total. The molecule has 2 rings (SSSR count). The highest BCUT2D eigenvalue weighted by Gasteiger charge is 2.21. The van der Waals surface area contributed by atoms with Crippen LogP contribution >= 0.6 is 27.3 Å². The van der Waals surface area contributed by atoms with Gasteiger partial charge in [-0.2, -0.15) is 0 Å². The number of rotatable bonds is 4. The number of hydrogen-bond donors (Lipinski definition) is 2. The molecule has 0 atom stereocenters. The number of aryl methyl sites for hydroxylation is 1. The van der Waals surface area contributed by atoms with Crippen LogP contribution in [0.25, 0.3) is 0 Å². The number of aromatic nitrogens is 1. The zero-order valence-electron chi connectivity index (χ0n) is 10.6. The molecule has 1 aromatic carbocycles. The lowest BCUT2D eigenvalue weighted by Crippen LogP contribution is -2.13. The van der Waals surface area contributed by atoms with Crippen LogP contribution in [0.5, 0.6) is 5.75 Å². The predicted molar refractivity (Wildman–Crippen MR) is 81.2 cm³/mol. The lowest BCUT2D eigenvalue weighted by atomic mass is 10.3. The van der Waals surface area contributed by atoms with Gasteiger partial charge in [0.2, 0.25) is 0 Å². The van der Waals surface area contributed by atoms with Crippen molar-refractivity contribution >= 4 is 43.0 Å². The Kier molecular flexibility index (Phi) is 4.21. The van der Waals surface area contributed by atoms with Gasteiger partial charge in [0, 0.05) is 16.2 Å². The van der Waals surface area contributed by atoms with Crippen molar-refractivity contribution < 1.29 is 13.2 Å². The van der Waals surface area contributed by atoms with Gasteiger partial charge in [-0.3, -0.25) is 9.52 Å². The molecule has 0 aliphatic carbocycles. The van der Waals surface area contributed by atoms with Crippen LogP contribution in [-0.4, -0.2) is 20.5 Å². The summed E-state index contributed by atoms with van der Waals surface area (Å²) in [5.74, 6) is 0.518. The molecule has 0 radical (unpaired) electrons. The smallest absolute Gasteiger partial charge is 0.306 e. The SMILES string of the molecule is COc1ccc(Br)c(NS(=O)(=O)c2sc(=O)[nH]c2C)c1. The standard InChI is InChI=1S/C11H11BrN2O4S2/c1-6-10(19-11(15)13-6)20(16,17)14-9-5-7(18-2)3-4-8(9)12/h3-5,14H,1-2H3,(H,13,15). The van der Waals surface area contributed by atoms with Crippen LogP contribution in [0, 0.1) is 6.92 Å². The van der Waals surface area contributed by atoms with Gasteiger partial charge in [-0.25, -0.2) is 8.42 Å². The number of benzene rings is 1. The minimum atomic E-state index is -3.82. The molecule has 0 fully saturated rings. The molecule has 0 aliphatic heterocycles. The summed E-state index contributed by atoms with van der Waals surface area (Å²) in [6.07, 6.45) is 0. The minimum Gasteiger partial charge on any atom is -0.497 e. The second-order valence-electron chi connectivity index (χ2n) is 3.88. The number of nitrogens with one attached hydrogen (secondary N) is 2. The molecule has 0 aliphatic rings. The maximum absolute atomic E-state index is 12.3. The first-order valence-electron chi connectivity index (χ1n) is 5.39. The van der Waals surface area contributed by atoms with Crippen LogP contribution in [0.4, 0.5) is 5.69 Å². The number of ether oxygens (including phenoxy) is 1.